The molecule has 4 rings (SSSR count). The molecule has 1 aliphatic carbocycles. The SMILES string of the molecule is CC(C)(C)c1ccc(-n2ncc3c2CCCC3NC(=O)CCn2cnnn2)cc1. The number of aromatic nitrogens is 6. The fourth-order valence-electron chi connectivity index (χ4n) is 3.80. The molecule has 1 N–H and O–H groups in total. The summed E-state index contributed by atoms with van der Waals surface area (Å²) >= 11 is 0. The van der Waals surface area contributed by atoms with Crippen LogP contribution in [0.5, 0.6) is 0 Å². The van der Waals surface area contributed by atoms with E-state index in [1.54, 1.807) is 4.68 Å². The molecule has 2 heterocycles. The number of carbonyl (C=O) groups excluding carboxylic acids is 1. The number of benzene rings is 1. The fraction of sp³-hybridized carbons (Fsp3) is 0.476. The molecule has 2 aromatic heterocycles. The molecule has 152 valence electrons. The summed E-state index contributed by atoms with van der Waals surface area (Å²) in [7, 11) is 0. The van der Waals surface area contributed by atoms with Crippen molar-refractivity contribution in [3.8, 4) is 5.69 Å². The zero-order valence-electron chi connectivity index (χ0n) is 17.2. The van der Waals surface area contributed by atoms with Crippen molar-refractivity contribution in [1.82, 2.24) is 35.3 Å². The molecule has 29 heavy (non-hydrogen) atoms. The van der Waals surface area contributed by atoms with Crippen LogP contribution in [-0.2, 0) is 23.2 Å². The van der Waals surface area contributed by atoms with Crippen molar-refractivity contribution in [3.05, 3.63) is 53.6 Å². The van der Waals surface area contributed by atoms with Crippen LogP contribution in [0.4, 0.5) is 0 Å². The Balaban J connectivity index is 1.48. The predicted molar refractivity (Wildman–Crippen MR) is 109 cm³/mol. The Labute approximate surface area is 170 Å². The highest BCUT2D eigenvalue weighted by Gasteiger charge is 2.26. The normalized spacial score (nSPS) is 16.4. The van der Waals surface area contributed by atoms with E-state index in [0.717, 1.165) is 30.5 Å². The lowest BCUT2D eigenvalue weighted by atomic mass is 9.87. The van der Waals surface area contributed by atoms with Gasteiger partial charge in [0.2, 0.25) is 5.91 Å². The molecule has 0 bridgehead atoms. The van der Waals surface area contributed by atoms with Crippen molar-refractivity contribution < 1.29 is 4.79 Å². The molecular weight excluding hydrogens is 366 g/mol. The van der Waals surface area contributed by atoms with Crippen molar-refractivity contribution in [1.29, 1.82) is 0 Å². The van der Waals surface area contributed by atoms with Gasteiger partial charge in [0.25, 0.3) is 0 Å². The third kappa shape index (κ3) is 4.21. The van der Waals surface area contributed by atoms with Gasteiger partial charge in [-0.15, -0.1) is 5.10 Å². The van der Waals surface area contributed by atoms with Crippen LogP contribution in [-0.4, -0.2) is 35.9 Å². The van der Waals surface area contributed by atoms with E-state index in [0.29, 0.717) is 13.0 Å². The van der Waals surface area contributed by atoms with Crippen molar-refractivity contribution >= 4 is 5.91 Å². The monoisotopic (exact) mass is 393 g/mol. The Morgan fingerprint density at radius 1 is 1.24 bits per heavy atom. The Morgan fingerprint density at radius 3 is 2.72 bits per heavy atom. The minimum atomic E-state index is 0.000583. The van der Waals surface area contributed by atoms with Crippen LogP contribution in [0.25, 0.3) is 5.69 Å². The van der Waals surface area contributed by atoms with Gasteiger partial charge in [-0.2, -0.15) is 5.10 Å². The van der Waals surface area contributed by atoms with Crippen LogP contribution < -0.4 is 5.32 Å². The molecule has 0 aliphatic heterocycles. The topological polar surface area (TPSA) is 90.5 Å². The molecule has 0 radical (unpaired) electrons. The molecule has 8 nitrogen and oxygen atoms in total. The first-order valence-corrected chi connectivity index (χ1v) is 10.1. The van der Waals surface area contributed by atoms with Crippen LogP contribution in [0.15, 0.2) is 36.8 Å². The van der Waals surface area contributed by atoms with E-state index in [1.165, 1.54) is 17.6 Å². The maximum atomic E-state index is 12.4. The van der Waals surface area contributed by atoms with Crippen molar-refractivity contribution in [3.63, 3.8) is 0 Å². The summed E-state index contributed by atoms with van der Waals surface area (Å²) in [6.45, 7) is 7.11. The van der Waals surface area contributed by atoms with Gasteiger partial charge in [0.05, 0.1) is 24.5 Å². The number of nitrogens with one attached hydrogen (secondary N) is 1. The number of aryl methyl sites for hydroxylation is 1. The average Bonchev–Trinajstić information content (AvgIpc) is 3.36. The average molecular weight is 393 g/mol. The molecular formula is C21H27N7O. The highest BCUT2D eigenvalue weighted by Crippen LogP contribution is 2.31. The quantitative estimate of drug-likeness (QED) is 0.720. The molecule has 0 saturated heterocycles. The van der Waals surface area contributed by atoms with Gasteiger partial charge in [0, 0.05) is 17.7 Å². The summed E-state index contributed by atoms with van der Waals surface area (Å²) < 4.78 is 3.58. The second-order valence-electron chi connectivity index (χ2n) is 8.59. The summed E-state index contributed by atoms with van der Waals surface area (Å²) in [5.74, 6) is 0.000583. The van der Waals surface area contributed by atoms with E-state index >= 15 is 0 Å². The summed E-state index contributed by atoms with van der Waals surface area (Å²) in [6.07, 6.45) is 6.68. The molecule has 1 unspecified atom stereocenters. The van der Waals surface area contributed by atoms with Crippen molar-refractivity contribution in [2.75, 3.05) is 0 Å². The molecule has 0 fully saturated rings. The van der Waals surface area contributed by atoms with Crippen molar-refractivity contribution in [2.24, 2.45) is 0 Å². The van der Waals surface area contributed by atoms with E-state index in [1.807, 2.05) is 10.9 Å². The minimum absolute atomic E-state index is 0.000583. The molecule has 1 aliphatic rings. The van der Waals surface area contributed by atoms with Crippen LogP contribution in [0.1, 0.15) is 62.9 Å². The number of nitrogens with zero attached hydrogens (tertiary/aromatic N) is 6. The molecule has 3 aromatic rings. The standard InChI is InChI=1S/C21H27N7O/c1-21(2,3)15-7-9-16(10-8-15)28-19-6-4-5-18(17(19)13-23-28)24-20(29)11-12-27-14-22-25-26-27/h7-10,13-14,18H,4-6,11-12H2,1-3H3,(H,24,29). The molecule has 1 aromatic carbocycles. The lowest BCUT2D eigenvalue weighted by Gasteiger charge is -2.24. The lowest BCUT2D eigenvalue weighted by molar-refractivity contribution is -0.122. The third-order valence-electron chi connectivity index (χ3n) is 5.46. The first-order valence-electron chi connectivity index (χ1n) is 10.1. The maximum absolute atomic E-state index is 12.4. The molecule has 0 spiro atoms. The first kappa shape index (κ1) is 19.3. The number of hydrogen-bond donors (Lipinski definition) is 1. The number of rotatable bonds is 5. The Morgan fingerprint density at radius 2 is 2.03 bits per heavy atom. The highest BCUT2D eigenvalue weighted by atomic mass is 16.1. The largest absolute Gasteiger partial charge is 0.349 e. The summed E-state index contributed by atoms with van der Waals surface area (Å²) in [4.78, 5) is 12.4. The molecule has 8 heteroatoms. The van der Waals surface area contributed by atoms with E-state index in [4.69, 9.17) is 0 Å². The maximum Gasteiger partial charge on any atom is 0.222 e. The van der Waals surface area contributed by atoms with Gasteiger partial charge in [-0.05, 0) is 52.8 Å². The summed E-state index contributed by atoms with van der Waals surface area (Å²) in [5.41, 5.74) is 4.79. The molecule has 1 atom stereocenters. The van der Waals surface area contributed by atoms with Gasteiger partial charge in [-0.1, -0.05) is 32.9 Å². The fourth-order valence-corrected chi connectivity index (χ4v) is 3.80. The van der Waals surface area contributed by atoms with Gasteiger partial charge in [0.15, 0.2) is 0 Å². The number of hydrogen-bond acceptors (Lipinski definition) is 5. The summed E-state index contributed by atoms with van der Waals surface area (Å²) in [6, 6.07) is 8.60. The van der Waals surface area contributed by atoms with E-state index < -0.39 is 0 Å². The van der Waals surface area contributed by atoms with Crippen LogP contribution >= 0.6 is 0 Å². The first-order chi connectivity index (χ1) is 13.9. The zero-order valence-corrected chi connectivity index (χ0v) is 17.2. The Kier molecular flexibility index (Phi) is 5.17. The number of tetrazole rings is 1. The lowest BCUT2D eigenvalue weighted by Crippen LogP contribution is -2.31. The number of amides is 1. The zero-order chi connectivity index (χ0) is 20.4. The van der Waals surface area contributed by atoms with E-state index in [2.05, 4.69) is 71.0 Å². The van der Waals surface area contributed by atoms with Crippen molar-refractivity contribution in [2.45, 2.75) is 64.5 Å². The number of carbonyl (C=O) groups is 1. The Hall–Kier alpha value is -3.03. The van der Waals surface area contributed by atoms with Gasteiger partial charge < -0.3 is 5.32 Å². The number of fused-ring (bicyclic) bond motifs is 1. The second kappa shape index (κ2) is 7.77. The van der Waals surface area contributed by atoms with Gasteiger partial charge in [-0.25, -0.2) is 9.36 Å². The van der Waals surface area contributed by atoms with Gasteiger partial charge in [-0.3, -0.25) is 4.79 Å². The second-order valence-corrected chi connectivity index (χ2v) is 8.59. The highest BCUT2D eigenvalue weighted by molar-refractivity contribution is 5.76. The molecule has 1 amide bonds. The predicted octanol–water partition coefficient (Wildman–Crippen LogP) is 2.74. The van der Waals surface area contributed by atoms with Crippen LogP contribution in [0.3, 0.4) is 0 Å². The van der Waals surface area contributed by atoms with Crippen LogP contribution in [0, 0.1) is 0 Å². The smallest absolute Gasteiger partial charge is 0.222 e. The van der Waals surface area contributed by atoms with E-state index in [-0.39, 0.29) is 17.4 Å². The van der Waals surface area contributed by atoms with Crippen LogP contribution in [0.2, 0.25) is 0 Å². The van der Waals surface area contributed by atoms with Gasteiger partial charge in [0.1, 0.15) is 6.33 Å². The minimum Gasteiger partial charge on any atom is -0.349 e. The van der Waals surface area contributed by atoms with Gasteiger partial charge >= 0.3 is 0 Å². The Bertz CT molecular complexity index is 968. The molecule has 0 saturated carbocycles. The third-order valence-corrected chi connectivity index (χ3v) is 5.46. The summed E-state index contributed by atoms with van der Waals surface area (Å²) in [5, 5.41) is 18.8. The van der Waals surface area contributed by atoms with E-state index in [9.17, 15) is 4.79 Å².